The van der Waals surface area contributed by atoms with Crippen molar-refractivity contribution in [3.05, 3.63) is 0 Å². The molecule has 9 N–H and O–H groups in total. The van der Waals surface area contributed by atoms with Crippen LogP contribution in [0.3, 0.4) is 0 Å². The average Bonchev–Trinajstić information content (AvgIpc) is 2.52. The number of carboxylic acids is 2. The van der Waals surface area contributed by atoms with Crippen molar-refractivity contribution in [3.8, 4) is 0 Å². The highest BCUT2D eigenvalue weighted by Crippen LogP contribution is 2.00. The van der Waals surface area contributed by atoms with E-state index in [4.69, 9.17) is 21.7 Å². The van der Waals surface area contributed by atoms with E-state index in [1.54, 1.807) is 0 Å². The molecule has 25 heavy (non-hydrogen) atoms. The molecule has 0 heterocycles. The van der Waals surface area contributed by atoms with Gasteiger partial charge in [-0.05, 0) is 12.8 Å². The van der Waals surface area contributed by atoms with Gasteiger partial charge in [0.2, 0.25) is 17.7 Å². The molecule has 12 nitrogen and oxygen atoms in total. The third-order valence-electron chi connectivity index (χ3n) is 3.12. The molecule has 0 radical (unpaired) electrons. The van der Waals surface area contributed by atoms with Gasteiger partial charge in [-0.3, -0.25) is 19.2 Å². The number of hydrogen-bond acceptors (Lipinski definition) is 7. The zero-order valence-corrected chi connectivity index (χ0v) is 13.3. The molecule has 0 rings (SSSR count). The molecule has 0 aromatic rings. The highest BCUT2D eigenvalue weighted by Gasteiger charge is 2.27. The zero-order valence-electron chi connectivity index (χ0n) is 13.3. The summed E-state index contributed by atoms with van der Waals surface area (Å²) in [7, 11) is 0. The molecule has 3 amide bonds. The van der Waals surface area contributed by atoms with Crippen LogP contribution in [0.2, 0.25) is 0 Å². The van der Waals surface area contributed by atoms with Gasteiger partial charge in [0.15, 0.2) is 0 Å². The molecule has 0 aliphatic heterocycles. The second kappa shape index (κ2) is 10.9. The molecule has 0 bridgehead atoms. The predicted molar refractivity (Wildman–Crippen MR) is 81.9 cm³/mol. The summed E-state index contributed by atoms with van der Waals surface area (Å²) in [4.78, 5) is 55.9. The summed E-state index contributed by atoms with van der Waals surface area (Å²) in [5.41, 5.74) is 10.4. The van der Waals surface area contributed by atoms with Crippen molar-refractivity contribution in [2.24, 2.45) is 11.5 Å². The number of carbonyl (C=O) groups excluding carboxylic acids is 3. The monoisotopic (exact) mass is 362 g/mol. The summed E-state index contributed by atoms with van der Waals surface area (Å²) in [6.07, 6.45) is -1.09. The molecule has 0 aromatic carbocycles. The van der Waals surface area contributed by atoms with Crippen LogP contribution in [0, 0.1) is 0 Å². The second-order valence-electron chi connectivity index (χ2n) is 5.19. The number of rotatable bonds is 12. The fraction of sp³-hybridized carbons (Fsp3) is 0.615. The molecule has 3 atom stereocenters. The van der Waals surface area contributed by atoms with Crippen LogP contribution in [0.25, 0.3) is 0 Å². The van der Waals surface area contributed by atoms with Crippen molar-refractivity contribution < 1.29 is 39.3 Å². The van der Waals surface area contributed by atoms with E-state index in [0.717, 1.165) is 0 Å². The standard InChI is InChI=1S/C13H22N4O8/c14-6(1-4-10(20)21)11(22)17-8(5-18)12(23)16-7(13(24)25)2-3-9(15)19/h6-8,18H,1-5,14H2,(H2,15,19)(H,16,23)(H,17,22)(H,20,21)(H,24,25)/t6-,7-,8-/m0/s1. The van der Waals surface area contributed by atoms with Crippen LogP contribution in [0.15, 0.2) is 0 Å². The normalized spacial score (nSPS) is 14.0. The van der Waals surface area contributed by atoms with E-state index >= 15 is 0 Å². The zero-order chi connectivity index (χ0) is 19.6. The number of amides is 3. The van der Waals surface area contributed by atoms with Gasteiger partial charge in [-0.25, -0.2) is 4.79 Å². The lowest BCUT2D eigenvalue weighted by molar-refractivity contribution is -0.142. The second-order valence-corrected chi connectivity index (χ2v) is 5.19. The number of nitrogens with two attached hydrogens (primary N) is 2. The maximum atomic E-state index is 12.0. The molecule has 0 saturated carbocycles. The minimum atomic E-state index is -1.49. The van der Waals surface area contributed by atoms with E-state index in [9.17, 15) is 29.1 Å². The Morgan fingerprint density at radius 3 is 1.88 bits per heavy atom. The Kier molecular flexibility index (Phi) is 9.74. The first-order valence-electron chi connectivity index (χ1n) is 7.28. The van der Waals surface area contributed by atoms with Crippen LogP contribution in [-0.2, 0) is 24.0 Å². The van der Waals surface area contributed by atoms with Crippen molar-refractivity contribution in [2.45, 2.75) is 43.8 Å². The van der Waals surface area contributed by atoms with Crippen molar-refractivity contribution in [2.75, 3.05) is 6.61 Å². The van der Waals surface area contributed by atoms with Gasteiger partial charge in [0.1, 0.15) is 12.1 Å². The van der Waals surface area contributed by atoms with Gasteiger partial charge in [-0.2, -0.15) is 0 Å². The topological polar surface area (TPSA) is 222 Å². The largest absolute Gasteiger partial charge is 0.481 e. The van der Waals surface area contributed by atoms with Crippen LogP contribution < -0.4 is 22.1 Å². The first-order valence-corrected chi connectivity index (χ1v) is 7.28. The maximum absolute atomic E-state index is 12.0. The third-order valence-corrected chi connectivity index (χ3v) is 3.12. The fourth-order valence-corrected chi connectivity index (χ4v) is 1.70. The Morgan fingerprint density at radius 2 is 1.44 bits per heavy atom. The van der Waals surface area contributed by atoms with E-state index in [1.165, 1.54) is 0 Å². The molecular formula is C13H22N4O8. The van der Waals surface area contributed by atoms with Crippen LogP contribution in [0.5, 0.6) is 0 Å². The van der Waals surface area contributed by atoms with Gasteiger partial charge >= 0.3 is 11.9 Å². The lowest BCUT2D eigenvalue weighted by atomic mass is 10.1. The Bertz CT molecular complexity index is 524. The number of aliphatic hydroxyl groups excluding tert-OH is 1. The quantitative estimate of drug-likeness (QED) is 0.182. The van der Waals surface area contributed by atoms with E-state index in [2.05, 4.69) is 10.6 Å². The van der Waals surface area contributed by atoms with E-state index < -0.39 is 54.4 Å². The number of carboxylic acid groups (broad SMARTS) is 2. The van der Waals surface area contributed by atoms with Crippen LogP contribution in [0.4, 0.5) is 0 Å². The molecule has 0 fully saturated rings. The molecule has 0 spiro atoms. The first kappa shape index (κ1) is 22.3. The van der Waals surface area contributed by atoms with Gasteiger partial charge in [-0.15, -0.1) is 0 Å². The van der Waals surface area contributed by atoms with Crippen molar-refractivity contribution >= 4 is 29.7 Å². The lowest BCUT2D eigenvalue weighted by Gasteiger charge is -2.21. The summed E-state index contributed by atoms with van der Waals surface area (Å²) in [5, 5.41) is 30.9. The number of nitrogens with one attached hydrogen (secondary N) is 2. The molecule has 0 aliphatic carbocycles. The summed E-state index contributed by atoms with van der Waals surface area (Å²) >= 11 is 0. The molecule has 0 aromatic heterocycles. The number of hydrogen-bond donors (Lipinski definition) is 7. The third kappa shape index (κ3) is 9.22. The Hall–Kier alpha value is -2.73. The van der Waals surface area contributed by atoms with E-state index in [-0.39, 0.29) is 25.7 Å². The highest BCUT2D eigenvalue weighted by molar-refractivity contribution is 5.92. The lowest BCUT2D eigenvalue weighted by Crippen LogP contribution is -2.55. The van der Waals surface area contributed by atoms with Crippen molar-refractivity contribution in [1.82, 2.24) is 10.6 Å². The number of aliphatic carboxylic acids is 2. The van der Waals surface area contributed by atoms with Crippen molar-refractivity contribution in [1.29, 1.82) is 0 Å². The van der Waals surface area contributed by atoms with E-state index in [0.29, 0.717) is 0 Å². The van der Waals surface area contributed by atoms with Crippen LogP contribution in [0.1, 0.15) is 25.7 Å². The molecule has 12 heteroatoms. The first-order chi connectivity index (χ1) is 11.6. The fourth-order valence-electron chi connectivity index (χ4n) is 1.70. The van der Waals surface area contributed by atoms with Crippen LogP contribution in [-0.4, -0.2) is 69.7 Å². The molecular weight excluding hydrogens is 340 g/mol. The average molecular weight is 362 g/mol. The smallest absolute Gasteiger partial charge is 0.326 e. The SMILES string of the molecule is NC(=O)CC[C@H](NC(=O)[C@H](CO)NC(=O)[C@@H](N)CCC(=O)O)C(=O)O. The van der Waals surface area contributed by atoms with Gasteiger partial charge in [-0.1, -0.05) is 0 Å². The minimum absolute atomic E-state index is 0.183. The summed E-state index contributed by atoms with van der Waals surface area (Å²) in [6, 6.07) is -4.14. The Balaban J connectivity index is 4.71. The van der Waals surface area contributed by atoms with Gasteiger partial charge in [0.25, 0.3) is 0 Å². The number of aliphatic hydroxyl groups is 1. The Morgan fingerprint density at radius 1 is 0.880 bits per heavy atom. The van der Waals surface area contributed by atoms with Gasteiger partial charge < -0.3 is 37.4 Å². The summed E-state index contributed by atoms with van der Waals surface area (Å²) in [6.45, 7) is -0.842. The van der Waals surface area contributed by atoms with Crippen LogP contribution >= 0.6 is 0 Å². The van der Waals surface area contributed by atoms with E-state index in [1.807, 2.05) is 0 Å². The number of primary amides is 1. The number of carbonyl (C=O) groups is 5. The molecule has 0 unspecified atom stereocenters. The minimum Gasteiger partial charge on any atom is -0.481 e. The Labute approximate surface area is 142 Å². The summed E-state index contributed by atoms with van der Waals surface area (Å²) < 4.78 is 0. The molecule has 142 valence electrons. The van der Waals surface area contributed by atoms with Gasteiger partial charge in [0, 0.05) is 12.8 Å². The summed E-state index contributed by atoms with van der Waals surface area (Å²) in [5.74, 6) is -5.20. The van der Waals surface area contributed by atoms with Crippen molar-refractivity contribution in [3.63, 3.8) is 0 Å². The molecule has 0 aliphatic rings. The maximum Gasteiger partial charge on any atom is 0.326 e. The van der Waals surface area contributed by atoms with Gasteiger partial charge in [0.05, 0.1) is 12.6 Å². The predicted octanol–water partition coefficient (Wildman–Crippen LogP) is -3.51. The highest BCUT2D eigenvalue weighted by atomic mass is 16.4. The molecule has 0 saturated heterocycles.